The van der Waals surface area contributed by atoms with Crippen molar-refractivity contribution >= 4 is 16.7 Å². The van der Waals surface area contributed by atoms with Crippen molar-refractivity contribution in [1.29, 1.82) is 5.26 Å². The molecule has 0 aliphatic carbocycles. The Morgan fingerprint density at radius 2 is 1.76 bits per heavy atom. The number of likely N-dealkylation sites (tertiary alicyclic amines) is 1. The minimum Gasteiger partial charge on any atom is -0.338 e. The normalized spacial score (nSPS) is 20.2. The molecule has 1 atom stereocenters. The SMILES string of the molecule is N#Cc1cc(CN2CCC(C3(c4ccc(F)cc4)CCNCC3)C2=O)c2ccc(F)cc2c1. The zero-order valence-corrected chi connectivity index (χ0v) is 18.3. The van der Waals surface area contributed by atoms with Crippen LogP contribution in [0.2, 0.25) is 0 Å². The average Bonchev–Trinajstić information content (AvgIpc) is 3.20. The van der Waals surface area contributed by atoms with E-state index in [9.17, 15) is 18.8 Å². The van der Waals surface area contributed by atoms with E-state index < -0.39 is 0 Å². The van der Waals surface area contributed by atoms with Gasteiger partial charge in [-0.1, -0.05) is 18.2 Å². The molecule has 2 fully saturated rings. The molecule has 0 aromatic heterocycles. The standard InChI is InChI=1S/C27H25F2N3O/c28-22-3-1-21(2-4-22)27(8-10-31-11-9-27)25-7-12-32(26(25)33)17-20-14-18(16-30)13-19-15-23(29)5-6-24(19)20/h1-6,13-15,25,31H,7-12,17H2. The third-order valence-electron chi connectivity index (χ3n) is 7.37. The predicted molar refractivity (Wildman–Crippen MR) is 122 cm³/mol. The zero-order chi connectivity index (χ0) is 23.0. The number of hydrogen-bond donors (Lipinski definition) is 1. The van der Waals surface area contributed by atoms with Gasteiger partial charge in [-0.2, -0.15) is 5.26 Å². The van der Waals surface area contributed by atoms with Crippen LogP contribution < -0.4 is 5.32 Å². The van der Waals surface area contributed by atoms with Gasteiger partial charge in [-0.15, -0.1) is 0 Å². The van der Waals surface area contributed by atoms with E-state index in [2.05, 4.69) is 11.4 Å². The topological polar surface area (TPSA) is 56.1 Å². The lowest BCUT2D eigenvalue weighted by Gasteiger charge is -2.42. The van der Waals surface area contributed by atoms with Gasteiger partial charge >= 0.3 is 0 Å². The molecule has 0 radical (unpaired) electrons. The highest BCUT2D eigenvalue weighted by Gasteiger charge is 2.49. The van der Waals surface area contributed by atoms with Crippen molar-refractivity contribution in [2.45, 2.75) is 31.2 Å². The fourth-order valence-electron chi connectivity index (χ4n) is 5.72. The van der Waals surface area contributed by atoms with Gasteiger partial charge in [-0.3, -0.25) is 4.79 Å². The minimum absolute atomic E-state index is 0.0962. The number of piperidine rings is 1. The first-order valence-corrected chi connectivity index (χ1v) is 11.4. The maximum absolute atomic E-state index is 13.8. The van der Waals surface area contributed by atoms with Crippen LogP contribution in [0.15, 0.2) is 54.6 Å². The van der Waals surface area contributed by atoms with Crippen LogP contribution in [0.25, 0.3) is 10.8 Å². The van der Waals surface area contributed by atoms with Crippen molar-refractivity contribution in [1.82, 2.24) is 10.2 Å². The second kappa shape index (κ2) is 8.57. The summed E-state index contributed by atoms with van der Waals surface area (Å²) in [4.78, 5) is 15.6. The van der Waals surface area contributed by atoms with E-state index in [1.165, 1.54) is 24.3 Å². The van der Waals surface area contributed by atoms with Gasteiger partial charge < -0.3 is 10.2 Å². The molecule has 33 heavy (non-hydrogen) atoms. The second-order valence-corrected chi connectivity index (χ2v) is 9.13. The van der Waals surface area contributed by atoms with Gasteiger partial charge in [0.1, 0.15) is 11.6 Å². The number of benzene rings is 3. The van der Waals surface area contributed by atoms with Crippen LogP contribution in [-0.2, 0) is 16.8 Å². The molecule has 168 valence electrons. The quantitative estimate of drug-likeness (QED) is 0.636. The van der Waals surface area contributed by atoms with E-state index in [1.54, 1.807) is 18.2 Å². The Morgan fingerprint density at radius 3 is 2.48 bits per heavy atom. The number of carbonyl (C=O) groups is 1. The Labute approximate surface area is 191 Å². The molecule has 6 heteroatoms. The third-order valence-corrected chi connectivity index (χ3v) is 7.37. The minimum atomic E-state index is -0.354. The highest BCUT2D eigenvalue weighted by atomic mass is 19.1. The summed E-state index contributed by atoms with van der Waals surface area (Å²) < 4.78 is 27.4. The molecule has 0 saturated carbocycles. The van der Waals surface area contributed by atoms with Crippen LogP contribution in [-0.4, -0.2) is 30.4 Å². The van der Waals surface area contributed by atoms with Crippen LogP contribution in [0, 0.1) is 28.9 Å². The van der Waals surface area contributed by atoms with Gasteiger partial charge in [-0.05, 0) is 90.6 Å². The number of nitriles is 1. The fraction of sp³-hybridized carbons (Fsp3) is 0.333. The Morgan fingerprint density at radius 1 is 1.03 bits per heavy atom. The Kier molecular flexibility index (Phi) is 5.59. The molecule has 1 N–H and O–H groups in total. The van der Waals surface area contributed by atoms with Crippen molar-refractivity contribution in [3.05, 3.63) is 82.9 Å². The van der Waals surface area contributed by atoms with Gasteiger partial charge in [0.2, 0.25) is 5.91 Å². The van der Waals surface area contributed by atoms with Crippen molar-refractivity contribution in [3.63, 3.8) is 0 Å². The van der Waals surface area contributed by atoms with Gasteiger partial charge in [0.25, 0.3) is 0 Å². The molecular formula is C27H25F2N3O. The molecular weight excluding hydrogens is 420 g/mol. The largest absolute Gasteiger partial charge is 0.338 e. The predicted octanol–water partition coefficient (Wildman–Crippen LogP) is 4.66. The molecule has 2 saturated heterocycles. The summed E-state index contributed by atoms with van der Waals surface area (Å²) in [5.41, 5.74) is 2.01. The fourth-order valence-corrected chi connectivity index (χ4v) is 5.72. The number of nitrogens with zero attached hydrogens (tertiary/aromatic N) is 2. The Bertz CT molecular complexity index is 1240. The second-order valence-electron chi connectivity index (χ2n) is 9.13. The first-order valence-electron chi connectivity index (χ1n) is 11.4. The third kappa shape index (κ3) is 3.87. The van der Waals surface area contributed by atoms with E-state index in [0.29, 0.717) is 24.0 Å². The van der Waals surface area contributed by atoms with Crippen LogP contribution in [0.4, 0.5) is 8.78 Å². The number of nitrogens with one attached hydrogen (secondary N) is 1. The molecule has 0 spiro atoms. The zero-order valence-electron chi connectivity index (χ0n) is 18.3. The number of carbonyl (C=O) groups excluding carboxylic acids is 1. The van der Waals surface area contributed by atoms with Crippen molar-refractivity contribution in [2.24, 2.45) is 5.92 Å². The van der Waals surface area contributed by atoms with Crippen LogP contribution in [0.3, 0.4) is 0 Å². The summed E-state index contributed by atoms with van der Waals surface area (Å²) >= 11 is 0. The highest BCUT2D eigenvalue weighted by Crippen LogP contribution is 2.45. The van der Waals surface area contributed by atoms with Crippen molar-refractivity contribution in [2.75, 3.05) is 19.6 Å². The summed E-state index contributed by atoms with van der Waals surface area (Å²) in [6.45, 7) is 2.65. The van der Waals surface area contributed by atoms with Gasteiger partial charge in [0, 0.05) is 24.4 Å². The Balaban J connectivity index is 1.47. The summed E-state index contributed by atoms with van der Waals surface area (Å²) in [6.07, 6.45) is 2.39. The number of amides is 1. The lowest BCUT2D eigenvalue weighted by Crippen LogP contribution is -2.47. The first-order chi connectivity index (χ1) is 16.0. The first kappa shape index (κ1) is 21.5. The van der Waals surface area contributed by atoms with E-state index in [-0.39, 0.29) is 28.9 Å². The number of halogens is 2. The maximum Gasteiger partial charge on any atom is 0.226 e. The smallest absolute Gasteiger partial charge is 0.226 e. The number of rotatable bonds is 4. The molecule has 4 nitrogen and oxygen atoms in total. The monoisotopic (exact) mass is 445 g/mol. The molecule has 3 aromatic rings. The van der Waals surface area contributed by atoms with E-state index in [4.69, 9.17) is 0 Å². The maximum atomic E-state index is 13.8. The van der Waals surface area contributed by atoms with Crippen LogP contribution >= 0.6 is 0 Å². The molecule has 0 bridgehead atoms. The van der Waals surface area contributed by atoms with E-state index in [0.717, 1.165) is 48.9 Å². The molecule has 2 aliphatic heterocycles. The molecule has 2 aliphatic rings. The Hall–Kier alpha value is -3.30. The van der Waals surface area contributed by atoms with Gasteiger partial charge in [0.15, 0.2) is 0 Å². The summed E-state index contributed by atoms with van der Waals surface area (Å²) in [5.74, 6) is -0.706. The van der Waals surface area contributed by atoms with Crippen molar-refractivity contribution < 1.29 is 13.6 Å². The molecule has 5 rings (SSSR count). The van der Waals surface area contributed by atoms with Crippen molar-refractivity contribution in [3.8, 4) is 6.07 Å². The van der Waals surface area contributed by atoms with E-state index in [1.807, 2.05) is 17.0 Å². The molecule has 1 amide bonds. The number of hydrogen-bond acceptors (Lipinski definition) is 3. The summed E-state index contributed by atoms with van der Waals surface area (Å²) in [6, 6.07) is 16.8. The molecule has 1 unspecified atom stereocenters. The summed E-state index contributed by atoms with van der Waals surface area (Å²) in [5, 5.41) is 14.3. The van der Waals surface area contributed by atoms with Gasteiger partial charge in [0.05, 0.1) is 11.6 Å². The summed E-state index contributed by atoms with van der Waals surface area (Å²) in [7, 11) is 0. The van der Waals surface area contributed by atoms with Crippen LogP contribution in [0.5, 0.6) is 0 Å². The van der Waals surface area contributed by atoms with E-state index >= 15 is 0 Å². The number of fused-ring (bicyclic) bond motifs is 1. The molecule has 2 heterocycles. The average molecular weight is 446 g/mol. The lowest BCUT2D eigenvalue weighted by molar-refractivity contribution is -0.133. The lowest BCUT2D eigenvalue weighted by atomic mass is 9.64. The molecule has 3 aromatic carbocycles. The van der Waals surface area contributed by atoms with Gasteiger partial charge in [-0.25, -0.2) is 8.78 Å². The van der Waals surface area contributed by atoms with Crippen LogP contribution in [0.1, 0.15) is 36.0 Å². The highest BCUT2D eigenvalue weighted by molar-refractivity contribution is 5.88.